The number of carbonyl (C=O) groups excluding carboxylic acids is 2. The zero-order valence-corrected chi connectivity index (χ0v) is 16.1. The maximum atomic E-state index is 12.4. The van der Waals surface area contributed by atoms with Crippen LogP contribution in [0.25, 0.3) is 0 Å². The lowest BCUT2D eigenvalue weighted by molar-refractivity contribution is -0.135. The molecule has 0 radical (unpaired) electrons. The number of morpholine rings is 1. The van der Waals surface area contributed by atoms with Crippen molar-refractivity contribution in [1.82, 2.24) is 14.7 Å². The Kier molecular flexibility index (Phi) is 7.37. The summed E-state index contributed by atoms with van der Waals surface area (Å²) in [4.78, 5) is 30.9. The normalized spacial score (nSPS) is 18.5. The molecule has 1 aromatic carbocycles. The van der Waals surface area contributed by atoms with Crippen molar-refractivity contribution in [3.05, 3.63) is 29.8 Å². The molecule has 0 unspecified atom stereocenters. The first-order chi connectivity index (χ1) is 13.7. The first kappa shape index (κ1) is 20.3. The molecule has 2 fully saturated rings. The van der Waals surface area contributed by atoms with E-state index >= 15 is 0 Å². The number of para-hydroxylation sites is 1. The second kappa shape index (κ2) is 10.2. The molecule has 1 aromatic rings. The summed E-state index contributed by atoms with van der Waals surface area (Å²) in [6.07, 6.45) is 0.363. The van der Waals surface area contributed by atoms with E-state index in [0.29, 0.717) is 57.1 Å². The van der Waals surface area contributed by atoms with E-state index in [2.05, 4.69) is 21.2 Å². The lowest BCUT2D eigenvalue weighted by atomic mass is 10.2. The van der Waals surface area contributed by atoms with Crippen molar-refractivity contribution < 1.29 is 14.3 Å². The summed E-state index contributed by atoms with van der Waals surface area (Å²) in [6.45, 7) is 7.07. The zero-order valence-electron chi connectivity index (χ0n) is 16.1. The van der Waals surface area contributed by atoms with Crippen LogP contribution in [0.3, 0.4) is 0 Å². The van der Waals surface area contributed by atoms with Crippen LogP contribution in [-0.4, -0.2) is 92.1 Å². The Morgan fingerprint density at radius 2 is 1.75 bits per heavy atom. The molecule has 28 heavy (non-hydrogen) atoms. The zero-order chi connectivity index (χ0) is 19.8. The van der Waals surface area contributed by atoms with Crippen molar-refractivity contribution in [3.8, 4) is 6.07 Å². The molecule has 2 amide bonds. The highest BCUT2D eigenvalue weighted by atomic mass is 16.5. The molecule has 2 aliphatic rings. The monoisotopic (exact) mass is 385 g/mol. The van der Waals surface area contributed by atoms with E-state index < -0.39 is 0 Å². The number of nitriles is 1. The van der Waals surface area contributed by atoms with Crippen LogP contribution in [0.15, 0.2) is 24.3 Å². The summed E-state index contributed by atoms with van der Waals surface area (Å²) >= 11 is 0. The maximum Gasteiger partial charge on any atom is 0.236 e. The fourth-order valence-electron chi connectivity index (χ4n) is 3.43. The van der Waals surface area contributed by atoms with E-state index in [9.17, 15) is 9.59 Å². The molecule has 3 rings (SSSR count). The van der Waals surface area contributed by atoms with Gasteiger partial charge >= 0.3 is 0 Å². The second-order valence-corrected chi connectivity index (χ2v) is 7.07. The summed E-state index contributed by atoms with van der Waals surface area (Å²) in [7, 11) is 0. The standard InChI is InChI=1S/C20H27N5O3/c21-15-17-3-1-2-4-18(17)22-19(26)5-6-23-7-9-25(10-8-23)20(27)16-24-11-13-28-14-12-24/h1-4H,5-14,16H2,(H,22,26). The van der Waals surface area contributed by atoms with Crippen LogP contribution in [0.5, 0.6) is 0 Å². The average Bonchev–Trinajstić information content (AvgIpc) is 2.74. The second-order valence-electron chi connectivity index (χ2n) is 7.07. The number of hydrogen-bond donors (Lipinski definition) is 1. The fourth-order valence-corrected chi connectivity index (χ4v) is 3.43. The first-order valence-corrected chi connectivity index (χ1v) is 9.75. The molecule has 0 bridgehead atoms. The molecule has 1 N–H and O–H groups in total. The average molecular weight is 385 g/mol. The molecule has 0 atom stereocenters. The molecule has 2 heterocycles. The van der Waals surface area contributed by atoms with Gasteiger partial charge in [0, 0.05) is 52.2 Å². The minimum atomic E-state index is -0.103. The van der Waals surface area contributed by atoms with Crippen molar-refractivity contribution in [2.75, 3.05) is 70.9 Å². The lowest BCUT2D eigenvalue weighted by Crippen LogP contribution is -2.52. The summed E-state index contributed by atoms with van der Waals surface area (Å²) in [6, 6.07) is 9.06. The number of carbonyl (C=O) groups is 2. The number of ether oxygens (including phenoxy) is 1. The number of rotatable bonds is 6. The number of anilines is 1. The van der Waals surface area contributed by atoms with E-state index in [0.717, 1.165) is 26.2 Å². The minimum Gasteiger partial charge on any atom is -0.379 e. The van der Waals surface area contributed by atoms with Crippen LogP contribution in [0.1, 0.15) is 12.0 Å². The van der Waals surface area contributed by atoms with Crippen LogP contribution in [-0.2, 0) is 14.3 Å². The number of benzene rings is 1. The number of piperazine rings is 1. The number of nitrogens with zero attached hydrogens (tertiary/aromatic N) is 4. The third kappa shape index (κ3) is 5.76. The Balaban J connectivity index is 1.36. The van der Waals surface area contributed by atoms with E-state index in [-0.39, 0.29) is 11.8 Å². The Morgan fingerprint density at radius 3 is 2.46 bits per heavy atom. The lowest BCUT2D eigenvalue weighted by Gasteiger charge is -2.36. The van der Waals surface area contributed by atoms with Gasteiger partial charge in [0.1, 0.15) is 6.07 Å². The van der Waals surface area contributed by atoms with Crippen LogP contribution in [0, 0.1) is 11.3 Å². The van der Waals surface area contributed by atoms with Gasteiger partial charge in [0.05, 0.1) is 31.0 Å². The highest BCUT2D eigenvalue weighted by Gasteiger charge is 2.23. The molecular weight excluding hydrogens is 358 g/mol. The van der Waals surface area contributed by atoms with Gasteiger partial charge in [0.25, 0.3) is 0 Å². The predicted molar refractivity (Wildman–Crippen MR) is 105 cm³/mol. The highest BCUT2D eigenvalue weighted by molar-refractivity contribution is 5.92. The molecule has 0 aliphatic carbocycles. The Bertz CT molecular complexity index is 719. The summed E-state index contributed by atoms with van der Waals surface area (Å²) < 4.78 is 5.32. The Morgan fingerprint density at radius 1 is 1.04 bits per heavy atom. The molecular formula is C20H27N5O3. The Hall–Kier alpha value is -2.47. The molecule has 0 aromatic heterocycles. The van der Waals surface area contributed by atoms with Crippen molar-refractivity contribution in [2.45, 2.75) is 6.42 Å². The van der Waals surface area contributed by atoms with Crippen LogP contribution >= 0.6 is 0 Å². The van der Waals surface area contributed by atoms with Crippen molar-refractivity contribution in [3.63, 3.8) is 0 Å². The van der Waals surface area contributed by atoms with Gasteiger partial charge in [-0.3, -0.25) is 19.4 Å². The smallest absolute Gasteiger partial charge is 0.236 e. The van der Waals surface area contributed by atoms with Gasteiger partial charge in [0.2, 0.25) is 11.8 Å². The topological polar surface area (TPSA) is 88.9 Å². The molecule has 150 valence electrons. The summed E-state index contributed by atoms with van der Waals surface area (Å²) in [5, 5.41) is 11.9. The van der Waals surface area contributed by atoms with Crippen LogP contribution in [0.4, 0.5) is 5.69 Å². The molecule has 0 spiro atoms. The summed E-state index contributed by atoms with van der Waals surface area (Å²) in [5.41, 5.74) is 1.01. The largest absolute Gasteiger partial charge is 0.379 e. The van der Waals surface area contributed by atoms with Crippen molar-refractivity contribution in [2.24, 2.45) is 0 Å². The van der Waals surface area contributed by atoms with Gasteiger partial charge in [0.15, 0.2) is 0 Å². The van der Waals surface area contributed by atoms with Gasteiger partial charge in [-0.15, -0.1) is 0 Å². The van der Waals surface area contributed by atoms with Crippen LogP contribution < -0.4 is 5.32 Å². The van der Waals surface area contributed by atoms with Gasteiger partial charge in [-0.25, -0.2) is 0 Å². The molecule has 8 nitrogen and oxygen atoms in total. The van der Waals surface area contributed by atoms with Gasteiger partial charge in [-0.2, -0.15) is 5.26 Å². The number of amides is 2. The van der Waals surface area contributed by atoms with Gasteiger partial charge in [-0.1, -0.05) is 12.1 Å². The number of hydrogen-bond acceptors (Lipinski definition) is 6. The third-order valence-corrected chi connectivity index (χ3v) is 5.16. The van der Waals surface area contributed by atoms with E-state index in [4.69, 9.17) is 10.00 Å². The fraction of sp³-hybridized carbons (Fsp3) is 0.550. The Labute approximate surface area is 165 Å². The quantitative estimate of drug-likeness (QED) is 0.761. The highest BCUT2D eigenvalue weighted by Crippen LogP contribution is 2.14. The van der Waals surface area contributed by atoms with Crippen LogP contribution in [0.2, 0.25) is 0 Å². The first-order valence-electron chi connectivity index (χ1n) is 9.75. The van der Waals surface area contributed by atoms with Crippen molar-refractivity contribution in [1.29, 1.82) is 5.26 Å². The van der Waals surface area contributed by atoms with E-state index in [1.165, 1.54) is 0 Å². The molecule has 8 heteroatoms. The maximum absolute atomic E-state index is 12.4. The molecule has 2 saturated heterocycles. The SMILES string of the molecule is N#Cc1ccccc1NC(=O)CCN1CCN(C(=O)CN2CCOCC2)CC1. The van der Waals surface area contributed by atoms with Gasteiger partial charge in [-0.05, 0) is 12.1 Å². The third-order valence-electron chi connectivity index (χ3n) is 5.16. The van der Waals surface area contributed by atoms with E-state index in [1.807, 2.05) is 4.90 Å². The predicted octanol–water partition coefficient (Wildman–Crippen LogP) is 0.363. The molecule has 0 saturated carbocycles. The van der Waals surface area contributed by atoms with Gasteiger partial charge < -0.3 is 15.0 Å². The summed E-state index contributed by atoms with van der Waals surface area (Å²) in [5.74, 6) is 0.0703. The minimum absolute atomic E-state index is 0.103. The number of nitrogens with one attached hydrogen (secondary N) is 1. The van der Waals surface area contributed by atoms with Crippen molar-refractivity contribution >= 4 is 17.5 Å². The molecule has 2 aliphatic heterocycles. The van der Waals surface area contributed by atoms with E-state index in [1.54, 1.807) is 24.3 Å².